The number of rotatable bonds is 4. The molecule has 0 aliphatic carbocycles. The second-order valence-electron chi connectivity index (χ2n) is 3.99. The zero-order chi connectivity index (χ0) is 13.0. The van der Waals surface area contributed by atoms with Crippen LogP contribution in [-0.2, 0) is 0 Å². The van der Waals surface area contributed by atoms with Crippen LogP contribution >= 0.6 is 0 Å². The maximum Gasteiger partial charge on any atom is 0.337 e. The van der Waals surface area contributed by atoms with Crippen molar-refractivity contribution in [3.63, 3.8) is 0 Å². The number of aromatic nitrogens is 1. The average molecular weight is 233 g/mol. The van der Waals surface area contributed by atoms with Crippen molar-refractivity contribution in [3.05, 3.63) is 23.4 Å². The number of nitriles is 1. The van der Waals surface area contributed by atoms with Gasteiger partial charge in [-0.1, -0.05) is 0 Å². The number of aryl methyl sites for hydroxylation is 1. The number of carboxylic acids is 1. The summed E-state index contributed by atoms with van der Waals surface area (Å²) in [5.41, 5.74) is 0.963. The van der Waals surface area contributed by atoms with Crippen LogP contribution in [0.5, 0.6) is 0 Å². The molecule has 17 heavy (non-hydrogen) atoms. The van der Waals surface area contributed by atoms with E-state index in [-0.39, 0.29) is 11.6 Å². The largest absolute Gasteiger partial charge is 0.478 e. The van der Waals surface area contributed by atoms with Crippen molar-refractivity contribution >= 4 is 11.8 Å². The molecule has 0 bridgehead atoms. The molecule has 0 saturated carbocycles. The summed E-state index contributed by atoms with van der Waals surface area (Å²) < 4.78 is 0. The topological polar surface area (TPSA) is 77.2 Å². The fraction of sp³-hybridized carbons (Fsp3) is 0.417. The van der Waals surface area contributed by atoms with Crippen LogP contribution in [0.3, 0.4) is 0 Å². The number of carboxylic acid groups (broad SMARTS) is 1. The SMILES string of the molecule is Cc1cc(C(=O)O)cnc1N(C)C(C)CC#N. The summed E-state index contributed by atoms with van der Waals surface area (Å²) in [7, 11) is 1.85. The minimum atomic E-state index is -0.986. The molecule has 0 aliphatic heterocycles. The Bertz CT molecular complexity index is 465. The van der Waals surface area contributed by atoms with E-state index in [4.69, 9.17) is 10.4 Å². The van der Waals surface area contributed by atoms with E-state index in [1.807, 2.05) is 25.8 Å². The molecule has 1 atom stereocenters. The molecule has 0 saturated heterocycles. The Morgan fingerprint density at radius 1 is 1.71 bits per heavy atom. The third kappa shape index (κ3) is 2.94. The first kappa shape index (κ1) is 13.0. The molecular weight excluding hydrogens is 218 g/mol. The number of hydrogen-bond acceptors (Lipinski definition) is 4. The Balaban J connectivity index is 3.00. The molecule has 0 aromatic carbocycles. The van der Waals surface area contributed by atoms with Gasteiger partial charge in [0.1, 0.15) is 5.82 Å². The molecule has 1 unspecified atom stereocenters. The van der Waals surface area contributed by atoms with Gasteiger partial charge in [0.15, 0.2) is 0 Å². The van der Waals surface area contributed by atoms with Gasteiger partial charge in [-0.2, -0.15) is 5.26 Å². The Morgan fingerprint density at radius 3 is 2.82 bits per heavy atom. The van der Waals surface area contributed by atoms with Crippen molar-refractivity contribution < 1.29 is 9.90 Å². The third-order valence-corrected chi connectivity index (χ3v) is 2.68. The van der Waals surface area contributed by atoms with Crippen LogP contribution in [0.25, 0.3) is 0 Å². The van der Waals surface area contributed by atoms with E-state index in [1.54, 1.807) is 6.07 Å². The zero-order valence-corrected chi connectivity index (χ0v) is 10.1. The normalized spacial score (nSPS) is 11.6. The van der Waals surface area contributed by atoms with Gasteiger partial charge in [-0.15, -0.1) is 0 Å². The number of aromatic carboxylic acids is 1. The lowest BCUT2D eigenvalue weighted by Crippen LogP contribution is -2.29. The lowest BCUT2D eigenvalue weighted by Gasteiger charge is -2.25. The number of hydrogen-bond donors (Lipinski definition) is 1. The minimum Gasteiger partial charge on any atom is -0.478 e. The lowest BCUT2D eigenvalue weighted by molar-refractivity contribution is 0.0696. The fourth-order valence-electron chi connectivity index (χ4n) is 1.53. The molecule has 1 aromatic rings. The van der Waals surface area contributed by atoms with E-state index in [2.05, 4.69) is 11.1 Å². The van der Waals surface area contributed by atoms with E-state index in [0.29, 0.717) is 12.2 Å². The lowest BCUT2D eigenvalue weighted by atomic mass is 10.1. The van der Waals surface area contributed by atoms with Crippen molar-refractivity contribution in [2.45, 2.75) is 26.3 Å². The van der Waals surface area contributed by atoms with Gasteiger partial charge in [0, 0.05) is 19.3 Å². The Kier molecular flexibility index (Phi) is 4.05. The maximum atomic E-state index is 10.8. The zero-order valence-electron chi connectivity index (χ0n) is 10.1. The fourth-order valence-corrected chi connectivity index (χ4v) is 1.53. The van der Waals surface area contributed by atoms with Crippen LogP contribution in [0.15, 0.2) is 12.3 Å². The number of anilines is 1. The van der Waals surface area contributed by atoms with Gasteiger partial charge >= 0.3 is 5.97 Å². The smallest absolute Gasteiger partial charge is 0.337 e. The number of pyridine rings is 1. The summed E-state index contributed by atoms with van der Waals surface area (Å²) in [6, 6.07) is 3.73. The highest BCUT2D eigenvalue weighted by atomic mass is 16.4. The van der Waals surface area contributed by atoms with E-state index >= 15 is 0 Å². The van der Waals surface area contributed by atoms with Crippen LogP contribution in [0.2, 0.25) is 0 Å². The summed E-state index contributed by atoms with van der Waals surface area (Å²) in [6.45, 7) is 3.74. The van der Waals surface area contributed by atoms with Gasteiger partial charge in [0.05, 0.1) is 18.1 Å². The van der Waals surface area contributed by atoms with Gasteiger partial charge in [-0.05, 0) is 25.5 Å². The summed E-state index contributed by atoms with van der Waals surface area (Å²) >= 11 is 0. The van der Waals surface area contributed by atoms with Gasteiger partial charge in [-0.25, -0.2) is 9.78 Å². The van der Waals surface area contributed by atoms with Gasteiger partial charge in [0.2, 0.25) is 0 Å². The van der Waals surface area contributed by atoms with E-state index in [9.17, 15) is 4.79 Å². The van der Waals surface area contributed by atoms with Crippen LogP contribution in [0.4, 0.5) is 5.82 Å². The van der Waals surface area contributed by atoms with E-state index < -0.39 is 5.97 Å². The van der Waals surface area contributed by atoms with Gasteiger partial charge in [0.25, 0.3) is 0 Å². The second-order valence-corrected chi connectivity index (χ2v) is 3.99. The summed E-state index contributed by atoms with van der Waals surface area (Å²) in [5, 5.41) is 17.5. The first-order chi connectivity index (χ1) is 7.97. The second kappa shape index (κ2) is 5.30. The molecule has 5 heteroatoms. The van der Waals surface area contributed by atoms with Gasteiger partial charge < -0.3 is 10.0 Å². The Hall–Kier alpha value is -2.09. The molecule has 1 rings (SSSR count). The highest BCUT2D eigenvalue weighted by Gasteiger charge is 2.14. The molecule has 0 radical (unpaired) electrons. The highest BCUT2D eigenvalue weighted by Crippen LogP contribution is 2.19. The molecule has 0 aliphatic rings. The standard InChI is InChI=1S/C12H15N3O2/c1-8-6-10(12(16)17)7-14-11(8)15(3)9(2)4-5-13/h6-7,9H,4H2,1-3H3,(H,16,17). The minimum absolute atomic E-state index is 0.0434. The maximum absolute atomic E-state index is 10.8. The molecule has 1 aromatic heterocycles. The van der Waals surface area contributed by atoms with Gasteiger partial charge in [-0.3, -0.25) is 0 Å². The summed E-state index contributed by atoms with van der Waals surface area (Å²) in [6.07, 6.45) is 1.73. The molecule has 90 valence electrons. The molecular formula is C12H15N3O2. The monoisotopic (exact) mass is 233 g/mol. The molecule has 5 nitrogen and oxygen atoms in total. The molecule has 1 heterocycles. The van der Waals surface area contributed by atoms with Crippen molar-refractivity contribution in [2.75, 3.05) is 11.9 Å². The van der Waals surface area contributed by atoms with Crippen LogP contribution in [0.1, 0.15) is 29.3 Å². The number of nitrogens with zero attached hydrogens (tertiary/aromatic N) is 3. The highest BCUT2D eigenvalue weighted by molar-refractivity contribution is 5.87. The van der Waals surface area contributed by atoms with Crippen molar-refractivity contribution in [1.82, 2.24) is 4.98 Å². The van der Waals surface area contributed by atoms with E-state index in [1.165, 1.54) is 6.20 Å². The van der Waals surface area contributed by atoms with E-state index in [0.717, 1.165) is 5.56 Å². The van der Waals surface area contributed by atoms with Crippen LogP contribution < -0.4 is 4.90 Å². The van der Waals surface area contributed by atoms with Crippen molar-refractivity contribution in [3.8, 4) is 6.07 Å². The van der Waals surface area contributed by atoms with Crippen LogP contribution in [0, 0.1) is 18.3 Å². The Morgan fingerprint density at radius 2 is 2.35 bits per heavy atom. The summed E-state index contributed by atoms with van der Waals surface area (Å²) in [4.78, 5) is 16.8. The first-order valence-corrected chi connectivity index (χ1v) is 5.27. The predicted molar refractivity (Wildman–Crippen MR) is 64.0 cm³/mol. The average Bonchev–Trinajstić information content (AvgIpc) is 2.28. The molecule has 0 spiro atoms. The van der Waals surface area contributed by atoms with Crippen molar-refractivity contribution in [2.24, 2.45) is 0 Å². The Labute approximate surface area is 100 Å². The number of carbonyl (C=O) groups is 1. The third-order valence-electron chi connectivity index (χ3n) is 2.68. The van der Waals surface area contributed by atoms with Crippen molar-refractivity contribution in [1.29, 1.82) is 5.26 Å². The molecule has 0 fully saturated rings. The summed E-state index contributed by atoms with van der Waals surface area (Å²) in [5.74, 6) is -0.280. The molecule has 1 N–H and O–H groups in total. The molecule has 0 amide bonds. The van der Waals surface area contributed by atoms with Crippen LogP contribution in [-0.4, -0.2) is 29.1 Å². The predicted octanol–water partition coefficient (Wildman–Crippen LogP) is 1.83. The quantitative estimate of drug-likeness (QED) is 0.858. The first-order valence-electron chi connectivity index (χ1n) is 5.27.